The summed E-state index contributed by atoms with van der Waals surface area (Å²) in [7, 11) is 0. The Labute approximate surface area is 140 Å². The summed E-state index contributed by atoms with van der Waals surface area (Å²) in [6, 6.07) is 8.16. The van der Waals surface area contributed by atoms with E-state index in [0.29, 0.717) is 13.0 Å². The van der Waals surface area contributed by atoms with E-state index in [1.165, 1.54) is 4.70 Å². The number of rotatable bonds is 6. The van der Waals surface area contributed by atoms with Crippen LogP contribution in [0.2, 0.25) is 0 Å². The summed E-state index contributed by atoms with van der Waals surface area (Å²) in [5, 5.41) is 10.1. The summed E-state index contributed by atoms with van der Waals surface area (Å²) in [6.07, 6.45) is 2.32. The number of hydrogen-bond donors (Lipinski definition) is 1. The van der Waals surface area contributed by atoms with E-state index in [2.05, 4.69) is 16.0 Å². The van der Waals surface area contributed by atoms with Gasteiger partial charge in [0.05, 0.1) is 21.8 Å². The van der Waals surface area contributed by atoms with Crippen LogP contribution in [-0.2, 0) is 11.2 Å². The number of carbonyl (C=O) groups is 1. The molecule has 2 aromatic rings. The summed E-state index contributed by atoms with van der Waals surface area (Å²) >= 11 is 1.72. The maximum Gasteiger partial charge on any atom is 0.222 e. The largest absolute Gasteiger partial charge is 0.395 e. The number of amides is 1. The first-order valence-electron chi connectivity index (χ1n) is 8.22. The number of para-hydroxylation sites is 1. The standard InChI is InChI=1S/C17H23N3O2S/c21-13-12-19-8-10-20(11-9-19)17(22)7-3-6-16-18-14-4-1-2-5-15(14)23-16/h1-2,4-5,21H,3,6-13H2. The van der Waals surface area contributed by atoms with Crippen molar-refractivity contribution < 1.29 is 9.90 Å². The van der Waals surface area contributed by atoms with Gasteiger partial charge >= 0.3 is 0 Å². The summed E-state index contributed by atoms with van der Waals surface area (Å²) in [5.74, 6) is 0.245. The first-order chi connectivity index (χ1) is 11.3. The Balaban J connectivity index is 1.42. The Bertz CT molecular complexity index is 617. The highest BCUT2D eigenvalue weighted by atomic mass is 32.1. The van der Waals surface area contributed by atoms with E-state index in [9.17, 15) is 4.79 Å². The van der Waals surface area contributed by atoms with Gasteiger partial charge in [0.2, 0.25) is 5.91 Å². The fourth-order valence-electron chi connectivity index (χ4n) is 2.94. The number of β-amino-alcohol motifs (C(OH)–C–C–N with tert-alkyl or cyclic N) is 1. The summed E-state index contributed by atoms with van der Waals surface area (Å²) < 4.78 is 1.22. The molecule has 23 heavy (non-hydrogen) atoms. The molecule has 0 radical (unpaired) electrons. The van der Waals surface area contributed by atoms with Gasteiger partial charge in [-0.15, -0.1) is 11.3 Å². The molecule has 0 aliphatic carbocycles. The van der Waals surface area contributed by atoms with Crippen LogP contribution in [0.5, 0.6) is 0 Å². The minimum absolute atomic E-state index is 0.191. The Morgan fingerprint density at radius 1 is 1.22 bits per heavy atom. The van der Waals surface area contributed by atoms with E-state index in [-0.39, 0.29) is 12.5 Å². The number of aliphatic hydroxyl groups excluding tert-OH is 1. The zero-order valence-corrected chi connectivity index (χ0v) is 14.1. The third-order valence-corrected chi connectivity index (χ3v) is 5.36. The van der Waals surface area contributed by atoms with Crippen molar-refractivity contribution in [3.63, 3.8) is 0 Å². The van der Waals surface area contributed by atoms with Crippen LogP contribution in [0.3, 0.4) is 0 Å². The predicted molar refractivity (Wildman–Crippen MR) is 92.7 cm³/mol. The second-order valence-corrected chi connectivity index (χ2v) is 6.99. The van der Waals surface area contributed by atoms with Gasteiger partial charge in [-0.05, 0) is 25.0 Å². The first kappa shape index (κ1) is 16.4. The minimum Gasteiger partial charge on any atom is -0.395 e. The Kier molecular flexibility index (Phi) is 5.59. The molecule has 2 heterocycles. The van der Waals surface area contributed by atoms with Crippen molar-refractivity contribution in [2.75, 3.05) is 39.3 Å². The number of benzene rings is 1. The molecule has 0 bridgehead atoms. The van der Waals surface area contributed by atoms with E-state index < -0.39 is 0 Å². The van der Waals surface area contributed by atoms with Gasteiger partial charge in [0.1, 0.15) is 0 Å². The van der Waals surface area contributed by atoms with Gasteiger partial charge < -0.3 is 10.0 Å². The van der Waals surface area contributed by atoms with Crippen LogP contribution in [0.4, 0.5) is 0 Å². The molecule has 1 aromatic heterocycles. The number of nitrogens with zero attached hydrogens (tertiary/aromatic N) is 3. The highest BCUT2D eigenvalue weighted by molar-refractivity contribution is 7.18. The molecule has 3 rings (SSSR count). The van der Waals surface area contributed by atoms with Gasteiger partial charge in [-0.25, -0.2) is 4.98 Å². The number of aliphatic hydroxyl groups is 1. The summed E-state index contributed by atoms with van der Waals surface area (Å²) in [6.45, 7) is 4.18. The molecule has 0 saturated carbocycles. The van der Waals surface area contributed by atoms with Crippen molar-refractivity contribution in [1.82, 2.24) is 14.8 Å². The molecule has 1 N–H and O–H groups in total. The number of thiazole rings is 1. The number of aromatic nitrogens is 1. The highest BCUT2D eigenvalue weighted by Crippen LogP contribution is 2.22. The Hall–Kier alpha value is -1.50. The fraction of sp³-hybridized carbons (Fsp3) is 0.529. The van der Waals surface area contributed by atoms with E-state index in [1.54, 1.807) is 11.3 Å². The van der Waals surface area contributed by atoms with Gasteiger partial charge in [-0.3, -0.25) is 9.69 Å². The molecule has 0 atom stereocenters. The van der Waals surface area contributed by atoms with Gasteiger partial charge in [0.15, 0.2) is 0 Å². The van der Waals surface area contributed by atoms with Gasteiger partial charge in [-0.1, -0.05) is 12.1 Å². The van der Waals surface area contributed by atoms with E-state index in [0.717, 1.165) is 49.5 Å². The molecular formula is C17H23N3O2S. The van der Waals surface area contributed by atoms with Crippen LogP contribution in [-0.4, -0.2) is 65.1 Å². The summed E-state index contributed by atoms with van der Waals surface area (Å²) in [5.41, 5.74) is 1.05. The van der Waals surface area contributed by atoms with Crippen LogP contribution in [0.1, 0.15) is 17.8 Å². The lowest BCUT2D eigenvalue weighted by molar-refractivity contribution is -0.133. The maximum absolute atomic E-state index is 12.3. The van der Waals surface area contributed by atoms with Crippen LogP contribution in [0.25, 0.3) is 10.2 Å². The lowest BCUT2D eigenvalue weighted by atomic mass is 10.2. The van der Waals surface area contributed by atoms with Crippen LogP contribution < -0.4 is 0 Å². The van der Waals surface area contributed by atoms with Gasteiger partial charge in [-0.2, -0.15) is 0 Å². The van der Waals surface area contributed by atoms with Gasteiger partial charge in [0.25, 0.3) is 0 Å². The second kappa shape index (κ2) is 7.86. The van der Waals surface area contributed by atoms with Crippen molar-refractivity contribution in [3.05, 3.63) is 29.3 Å². The zero-order valence-electron chi connectivity index (χ0n) is 13.3. The molecule has 5 nitrogen and oxygen atoms in total. The molecule has 1 aliphatic rings. The third kappa shape index (κ3) is 4.28. The third-order valence-electron chi connectivity index (χ3n) is 4.26. The molecule has 1 aromatic carbocycles. The summed E-state index contributed by atoms with van der Waals surface area (Å²) in [4.78, 5) is 21.0. The van der Waals surface area contributed by atoms with Crippen LogP contribution >= 0.6 is 11.3 Å². The first-order valence-corrected chi connectivity index (χ1v) is 9.03. The molecule has 6 heteroatoms. The number of piperazine rings is 1. The Morgan fingerprint density at radius 2 is 2.00 bits per heavy atom. The topological polar surface area (TPSA) is 56.7 Å². The molecule has 0 spiro atoms. The lowest BCUT2D eigenvalue weighted by Crippen LogP contribution is -2.49. The van der Waals surface area contributed by atoms with Crippen molar-refractivity contribution >= 4 is 27.5 Å². The number of fused-ring (bicyclic) bond motifs is 1. The van der Waals surface area contributed by atoms with Gasteiger partial charge in [0, 0.05) is 39.1 Å². The molecular weight excluding hydrogens is 310 g/mol. The predicted octanol–water partition coefficient (Wildman–Crippen LogP) is 1.76. The minimum atomic E-state index is 0.191. The molecule has 124 valence electrons. The average Bonchev–Trinajstić information content (AvgIpc) is 2.98. The molecule has 1 amide bonds. The van der Waals surface area contributed by atoms with Crippen molar-refractivity contribution in [2.45, 2.75) is 19.3 Å². The smallest absolute Gasteiger partial charge is 0.222 e. The van der Waals surface area contributed by atoms with Crippen molar-refractivity contribution in [1.29, 1.82) is 0 Å². The molecule has 1 aliphatic heterocycles. The van der Waals surface area contributed by atoms with Crippen molar-refractivity contribution in [2.24, 2.45) is 0 Å². The SMILES string of the molecule is O=C(CCCc1nc2ccccc2s1)N1CCN(CCO)CC1. The number of hydrogen-bond acceptors (Lipinski definition) is 5. The monoisotopic (exact) mass is 333 g/mol. The zero-order chi connectivity index (χ0) is 16.1. The molecule has 1 saturated heterocycles. The second-order valence-electron chi connectivity index (χ2n) is 5.87. The maximum atomic E-state index is 12.3. The van der Waals surface area contributed by atoms with E-state index in [4.69, 9.17) is 5.11 Å². The molecule has 0 unspecified atom stereocenters. The highest BCUT2D eigenvalue weighted by Gasteiger charge is 2.20. The Morgan fingerprint density at radius 3 is 2.74 bits per heavy atom. The molecule has 1 fully saturated rings. The van der Waals surface area contributed by atoms with E-state index >= 15 is 0 Å². The normalized spacial score (nSPS) is 16.1. The fourth-order valence-corrected chi connectivity index (χ4v) is 3.95. The lowest BCUT2D eigenvalue weighted by Gasteiger charge is -2.34. The van der Waals surface area contributed by atoms with E-state index in [1.807, 2.05) is 23.1 Å². The quantitative estimate of drug-likeness (QED) is 0.875. The number of carbonyl (C=O) groups excluding carboxylic acids is 1. The van der Waals surface area contributed by atoms with Crippen molar-refractivity contribution in [3.8, 4) is 0 Å². The van der Waals surface area contributed by atoms with Crippen LogP contribution in [0.15, 0.2) is 24.3 Å². The average molecular weight is 333 g/mol. The van der Waals surface area contributed by atoms with Crippen LogP contribution in [0, 0.1) is 0 Å². The number of aryl methyl sites for hydroxylation is 1.